The maximum absolute atomic E-state index is 6.77. The van der Waals surface area contributed by atoms with Crippen LogP contribution in [-0.2, 0) is 0 Å². The van der Waals surface area contributed by atoms with Crippen LogP contribution in [0.15, 0.2) is 0 Å². The molecule has 0 atom stereocenters. The Bertz CT molecular complexity index is 51.9. The first-order valence-electron chi connectivity index (χ1n) is 1.66. The average molecular weight is 70.1 g/mol. The highest BCUT2D eigenvalue weighted by atomic mass is 15.0. The molecule has 2 N–H and O–H groups in total. The highest BCUT2D eigenvalue weighted by Gasteiger charge is 2.02. The molecule has 0 saturated carbocycles. The first-order chi connectivity index (χ1) is 2.39. The van der Waals surface area contributed by atoms with Crippen LogP contribution in [0.3, 0.4) is 0 Å². The summed E-state index contributed by atoms with van der Waals surface area (Å²) >= 11 is 0. The van der Waals surface area contributed by atoms with Gasteiger partial charge in [-0.05, 0) is 0 Å². The fourth-order valence-electron chi connectivity index (χ4n) is 0.250. The lowest BCUT2D eigenvalue weighted by molar-refractivity contribution is 0.780. The van der Waals surface area contributed by atoms with E-state index in [-0.39, 0.29) is 0 Å². The molecule has 0 unspecified atom stereocenters. The molecule has 1 heterocycles. The van der Waals surface area contributed by atoms with Gasteiger partial charge < -0.3 is 10.7 Å². The molecular formula is C3H6N2. The second-order valence-electron chi connectivity index (χ2n) is 1.21. The minimum absolute atomic E-state index is 0.819. The Morgan fingerprint density at radius 2 is 2.00 bits per heavy atom. The third-order valence-corrected chi connectivity index (χ3v) is 0.677. The summed E-state index contributed by atoms with van der Waals surface area (Å²) in [5, 5.41) is 9.70. The maximum Gasteiger partial charge on any atom is 0.0365 e. The van der Waals surface area contributed by atoms with Crippen LogP contribution in [0.2, 0.25) is 0 Å². The molecule has 5 heavy (non-hydrogen) atoms. The smallest absolute Gasteiger partial charge is 0.0365 e. The summed E-state index contributed by atoms with van der Waals surface area (Å²) in [7, 11) is 0. The largest absolute Gasteiger partial charge is 0.307 e. The summed E-state index contributed by atoms with van der Waals surface area (Å²) in [5.41, 5.74) is 0.824. The fourth-order valence-corrected chi connectivity index (χ4v) is 0.250. The molecule has 0 bridgehead atoms. The van der Waals surface area contributed by atoms with Crippen LogP contribution in [0.25, 0.3) is 0 Å². The molecule has 1 saturated heterocycles. The molecule has 0 aromatic carbocycles. The Balaban J connectivity index is 2.32. The number of rotatable bonds is 0. The number of hydrogen-bond acceptors (Lipinski definition) is 2. The molecule has 1 aliphatic heterocycles. The Hall–Kier alpha value is -0.370. The molecule has 0 radical (unpaired) electrons. The van der Waals surface area contributed by atoms with E-state index in [2.05, 4.69) is 5.32 Å². The molecule has 0 aliphatic carbocycles. The van der Waals surface area contributed by atoms with E-state index < -0.39 is 0 Å². The second-order valence-corrected chi connectivity index (χ2v) is 1.21. The van der Waals surface area contributed by atoms with E-state index in [1.54, 1.807) is 0 Å². The maximum atomic E-state index is 6.77. The van der Waals surface area contributed by atoms with E-state index in [9.17, 15) is 0 Å². The van der Waals surface area contributed by atoms with E-state index in [4.69, 9.17) is 5.41 Å². The van der Waals surface area contributed by atoms with Gasteiger partial charge in [0.1, 0.15) is 0 Å². The van der Waals surface area contributed by atoms with E-state index in [0.717, 1.165) is 18.8 Å². The Labute approximate surface area is 30.7 Å². The molecule has 1 rings (SSSR count). The minimum atomic E-state index is 0.819. The van der Waals surface area contributed by atoms with Crippen molar-refractivity contribution in [2.75, 3.05) is 13.1 Å². The molecule has 2 heteroatoms. The van der Waals surface area contributed by atoms with Crippen LogP contribution in [0.4, 0.5) is 0 Å². The molecular weight excluding hydrogens is 64.0 g/mol. The lowest BCUT2D eigenvalue weighted by Crippen LogP contribution is -2.41. The van der Waals surface area contributed by atoms with Gasteiger partial charge in [0.2, 0.25) is 0 Å². The zero-order valence-electron chi connectivity index (χ0n) is 2.91. The van der Waals surface area contributed by atoms with Gasteiger partial charge >= 0.3 is 0 Å². The predicted molar refractivity (Wildman–Crippen MR) is 20.6 cm³/mol. The molecule has 0 aromatic rings. The van der Waals surface area contributed by atoms with Crippen molar-refractivity contribution in [3.8, 4) is 0 Å². The van der Waals surface area contributed by atoms with Crippen LogP contribution < -0.4 is 5.32 Å². The first kappa shape index (κ1) is 2.85. The molecule has 28 valence electrons. The Morgan fingerprint density at radius 3 is 2.00 bits per heavy atom. The summed E-state index contributed by atoms with van der Waals surface area (Å²) in [6, 6.07) is 0. The zero-order valence-corrected chi connectivity index (χ0v) is 2.91. The highest BCUT2D eigenvalue weighted by molar-refractivity contribution is 5.90. The predicted octanol–water partition coefficient (Wildman–Crippen LogP) is -0.391. The monoisotopic (exact) mass is 70.1 g/mol. The standard InChI is InChI=1S/C3H6N2/c4-3-1-5-2-3/h4-5H,1-2H2. The first-order valence-corrected chi connectivity index (χ1v) is 1.66. The van der Waals surface area contributed by atoms with Crippen molar-refractivity contribution in [2.24, 2.45) is 0 Å². The van der Waals surface area contributed by atoms with Gasteiger partial charge in [0.05, 0.1) is 0 Å². The molecule has 2 nitrogen and oxygen atoms in total. The van der Waals surface area contributed by atoms with Gasteiger partial charge in [-0.3, -0.25) is 0 Å². The molecule has 0 spiro atoms. The third-order valence-electron chi connectivity index (χ3n) is 0.677. The van der Waals surface area contributed by atoms with Crippen molar-refractivity contribution < 1.29 is 0 Å². The average Bonchev–Trinajstić information content (AvgIpc) is 1.30. The van der Waals surface area contributed by atoms with Crippen LogP contribution in [-0.4, -0.2) is 18.8 Å². The quantitative estimate of drug-likeness (QED) is 0.400. The van der Waals surface area contributed by atoms with Gasteiger partial charge in [-0.2, -0.15) is 0 Å². The SMILES string of the molecule is N=C1CNC1. The van der Waals surface area contributed by atoms with Crippen molar-refractivity contribution >= 4 is 5.71 Å². The van der Waals surface area contributed by atoms with Gasteiger partial charge in [0.25, 0.3) is 0 Å². The summed E-state index contributed by atoms with van der Waals surface area (Å²) in [5.74, 6) is 0. The number of nitrogens with one attached hydrogen (secondary N) is 2. The van der Waals surface area contributed by atoms with Crippen molar-refractivity contribution in [3.05, 3.63) is 0 Å². The zero-order chi connectivity index (χ0) is 3.70. The van der Waals surface area contributed by atoms with E-state index in [1.165, 1.54) is 0 Å². The summed E-state index contributed by atoms with van der Waals surface area (Å²) in [6.45, 7) is 1.64. The molecule has 0 aromatic heterocycles. The molecule has 0 amide bonds. The minimum Gasteiger partial charge on any atom is -0.307 e. The van der Waals surface area contributed by atoms with Crippen molar-refractivity contribution in [3.63, 3.8) is 0 Å². The van der Waals surface area contributed by atoms with Crippen molar-refractivity contribution in [1.29, 1.82) is 5.41 Å². The summed E-state index contributed by atoms with van der Waals surface area (Å²) in [6.07, 6.45) is 0. The highest BCUT2D eigenvalue weighted by Crippen LogP contribution is 1.76. The lowest BCUT2D eigenvalue weighted by atomic mass is 10.3. The van der Waals surface area contributed by atoms with Crippen molar-refractivity contribution in [1.82, 2.24) is 5.32 Å². The van der Waals surface area contributed by atoms with Crippen LogP contribution in [0, 0.1) is 5.41 Å². The van der Waals surface area contributed by atoms with Gasteiger partial charge in [-0.1, -0.05) is 0 Å². The van der Waals surface area contributed by atoms with Gasteiger partial charge in [0.15, 0.2) is 0 Å². The normalized spacial score (nSPS) is 22.0. The van der Waals surface area contributed by atoms with Crippen LogP contribution in [0.1, 0.15) is 0 Å². The van der Waals surface area contributed by atoms with Gasteiger partial charge in [0, 0.05) is 18.8 Å². The summed E-state index contributed by atoms with van der Waals surface area (Å²) in [4.78, 5) is 0. The summed E-state index contributed by atoms with van der Waals surface area (Å²) < 4.78 is 0. The lowest BCUT2D eigenvalue weighted by Gasteiger charge is -2.12. The van der Waals surface area contributed by atoms with Crippen LogP contribution >= 0.6 is 0 Å². The number of hydrogen-bond donors (Lipinski definition) is 2. The van der Waals surface area contributed by atoms with Gasteiger partial charge in [-0.15, -0.1) is 0 Å². The van der Waals surface area contributed by atoms with E-state index in [1.807, 2.05) is 0 Å². The topological polar surface area (TPSA) is 35.9 Å². The molecule has 1 aliphatic rings. The fraction of sp³-hybridized carbons (Fsp3) is 0.667. The molecule has 1 fully saturated rings. The van der Waals surface area contributed by atoms with Crippen molar-refractivity contribution in [2.45, 2.75) is 0 Å². The van der Waals surface area contributed by atoms with Gasteiger partial charge in [-0.25, -0.2) is 0 Å². The Morgan fingerprint density at radius 1 is 1.60 bits per heavy atom. The third kappa shape index (κ3) is 0.304. The van der Waals surface area contributed by atoms with Crippen LogP contribution in [0.5, 0.6) is 0 Å². The van der Waals surface area contributed by atoms with E-state index in [0.29, 0.717) is 0 Å². The Kier molecular flexibility index (Phi) is 0.451. The second kappa shape index (κ2) is 0.792. The van der Waals surface area contributed by atoms with E-state index >= 15 is 0 Å².